The van der Waals surface area contributed by atoms with Crippen molar-refractivity contribution in [2.24, 2.45) is 0 Å². The van der Waals surface area contributed by atoms with E-state index >= 15 is 0 Å². The number of aromatic nitrogens is 2. The van der Waals surface area contributed by atoms with E-state index in [2.05, 4.69) is 15.3 Å². The first-order valence-corrected chi connectivity index (χ1v) is 8.46. The Balaban J connectivity index is 1.84. The number of alkyl halides is 3. The van der Waals surface area contributed by atoms with Gasteiger partial charge in [0, 0.05) is 6.20 Å². The molecule has 0 bridgehead atoms. The van der Waals surface area contributed by atoms with Crippen molar-refractivity contribution >= 4 is 28.0 Å². The lowest BCUT2D eigenvalue weighted by Crippen LogP contribution is -2.27. The smallest absolute Gasteiger partial charge is 0.434 e. The minimum Gasteiger partial charge on any atom is -0.437 e. The fourth-order valence-electron chi connectivity index (χ4n) is 2.89. The number of para-hydroxylation sites is 1. The highest BCUT2D eigenvalue weighted by atomic mass is 19.4. The average molecular weight is 399 g/mol. The lowest BCUT2D eigenvalue weighted by atomic mass is 10.1. The lowest BCUT2D eigenvalue weighted by molar-refractivity contribution is -0.141. The van der Waals surface area contributed by atoms with Crippen LogP contribution in [0.3, 0.4) is 0 Å². The summed E-state index contributed by atoms with van der Waals surface area (Å²) in [6.45, 7) is -0.0820. The maximum Gasteiger partial charge on any atom is 0.434 e. The summed E-state index contributed by atoms with van der Waals surface area (Å²) in [7, 11) is 0. The minimum atomic E-state index is -4.92. The van der Waals surface area contributed by atoms with E-state index in [0.29, 0.717) is 5.69 Å². The Bertz CT molecular complexity index is 1280. The second kappa shape index (κ2) is 7.01. The summed E-state index contributed by atoms with van der Waals surface area (Å²) >= 11 is 0. The highest BCUT2D eigenvalue weighted by molar-refractivity contribution is 5.99. The largest absolute Gasteiger partial charge is 0.437 e. The van der Waals surface area contributed by atoms with Gasteiger partial charge in [-0.15, -0.1) is 0 Å². The number of pyridine rings is 2. The molecule has 1 aromatic carbocycles. The fraction of sp³-hybridized carbons (Fsp3) is 0.100. The van der Waals surface area contributed by atoms with Crippen LogP contribution in [0, 0.1) is 0 Å². The van der Waals surface area contributed by atoms with Crippen LogP contribution in [-0.4, -0.2) is 15.9 Å². The third-order valence-electron chi connectivity index (χ3n) is 4.24. The number of fused-ring (bicyclic) bond motifs is 2. The van der Waals surface area contributed by atoms with Crippen LogP contribution in [0.2, 0.25) is 0 Å². The van der Waals surface area contributed by atoms with Crippen molar-refractivity contribution in [1.82, 2.24) is 15.3 Å². The van der Waals surface area contributed by atoms with Crippen LogP contribution in [0.5, 0.6) is 0 Å². The lowest BCUT2D eigenvalue weighted by Gasteiger charge is -2.13. The molecule has 3 heterocycles. The summed E-state index contributed by atoms with van der Waals surface area (Å²) in [5.74, 6) is -1.02. The maximum atomic E-state index is 13.5. The van der Waals surface area contributed by atoms with Gasteiger partial charge in [0.1, 0.15) is 5.58 Å². The molecule has 0 aliphatic carbocycles. The summed E-state index contributed by atoms with van der Waals surface area (Å²) in [6.07, 6.45) is -3.42. The van der Waals surface area contributed by atoms with Gasteiger partial charge in [0.2, 0.25) is 11.1 Å². The zero-order valence-corrected chi connectivity index (χ0v) is 14.7. The number of hydrogen-bond acceptors (Lipinski definition) is 5. The first-order valence-electron chi connectivity index (χ1n) is 8.46. The molecule has 0 radical (unpaired) electrons. The van der Waals surface area contributed by atoms with E-state index in [4.69, 9.17) is 4.42 Å². The van der Waals surface area contributed by atoms with Gasteiger partial charge in [-0.2, -0.15) is 13.2 Å². The van der Waals surface area contributed by atoms with E-state index in [1.807, 2.05) is 0 Å². The zero-order valence-electron chi connectivity index (χ0n) is 14.7. The molecule has 6 nitrogen and oxygen atoms in total. The maximum absolute atomic E-state index is 13.5. The van der Waals surface area contributed by atoms with Crippen molar-refractivity contribution in [2.75, 3.05) is 0 Å². The van der Waals surface area contributed by atoms with Gasteiger partial charge < -0.3 is 9.73 Å². The molecule has 1 N–H and O–H groups in total. The molecule has 1 amide bonds. The van der Waals surface area contributed by atoms with Gasteiger partial charge in [-0.1, -0.05) is 18.2 Å². The molecule has 0 saturated carbocycles. The molecule has 29 heavy (non-hydrogen) atoms. The van der Waals surface area contributed by atoms with Gasteiger partial charge >= 0.3 is 6.18 Å². The summed E-state index contributed by atoms with van der Waals surface area (Å²) in [6, 6.07) is 12.0. The third-order valence-corrected chi connectivity index (χ3v) is 4.24. The van der Waals surface area contributed by atoms with E-state index in [1.165, 1.54) is 18.3 Å². The predicted molar refractivity (Wildman–Crippen MR) is 98.2 cm³/mol. The molecule has 0 aliphatic heterocycles. The molecule has 0 aliphatic rings. The van der Waals surface area contributed by atoms with Gasteiger partial charge in [0.25, 0.3) is 5.91 Å². The Kier molecular flexibility index (Phi) is 4.50. The number of carbonyl (C=O) groups is 1. The number of nitrogens with zero attached hydrogens (tertiary/aromatic N) is 2. The Morgan fingerprint density at radius 3 is 2.55 bits per heavy atom. The molecule has 146 valence electrons. The average Bonchev–Trinajstić information content (AvgIpc) is 2.71. The molecular formula is C20H12F3N3O3. The molecule has 0 spiro atoms. The van der Waals surface area contributed by atoms with E-state index in [-0.39, 0.29) is 22.9 Å². The zero-order chi connectivity index (χ0) is 20.6. The standard InChI is InChI=1S/C20H12F3N3O3/c21-20(22,23)17-14(18(28)25-10-11-5-3-4-8-24-11)9-13-16(27)12-6-1-2-7-15(12)29-19(13)26-17/h1-9H,10H2,(H,25,28). The van der Waals surface area contributed by atoms with E-state index in [0.717, 1.165) is 6.07 Å². The number of benzene rings is 1. The topological polar surface area (TPSA) is 85.1 Å². The van der Waals surface area contributed by atoms with Gasteiger partial charge in [-0.25, -0.2) is 4.98 Å². The van der Waals surface area contributed by atoms with E-state index < -0.39 is 34.5 Å². The molecule has 0 saturated heterocycles. The molecular weight excluding hydrogens is 387 g/mol. The Morgan fingerprint density at radius 1 is 1.07 bits per heavy atom. The first kappa shape index (κ1) is 18.6. The molecule has 4 rings (SSSR count). The van der Waals surface area contributed by atoms with Crippen molar-refractivity contribution in [2.45, 2.75) is 12.7 Å². The quantitative estimate of drug-likeness (QED) is 0.531. The number of rotatable bonds is 3. The van der Waals surface area contributed by atoms with Crippen LogP contribution in [0.1, 0.15) is 21.7 Å². The van der Waals surface area contributed by atoms with Crippen LogP contribution in [0.4, 0.5) is 13.2 Å². The highest BCUT2D eigenvalue weighted by Gasteiger charge is 2.38. The van der Waals surface area contributed by atoms with Crippen molar-refractivity contribution in [3.63, 3.8) is 0 Å². The Labute approximate surface area is 161 Å². The van der Waals surface area contributed by atoms with Gasteiger partial charge in [0.15, 0.2) is 5.69 Å². The summed E-state index contributed by atoms with van der Waals surface area (Å²) in [5, 5.41) is 2.35. The molecule has 9 heteroatoms. The highest BCUT2D eigenvalue weighted by Crippen LogP contribution is 2.32. The van der Waals surface area contributed by atoms with E-state index in [1.54, 1.807) is 30.3 Å². The van der Waals surface area contributed by atoms with Crippen molar-refractivity contribution in [3.05, 3.63) is 81.9 Å². The number of carbonyl (C=O) groups excluding carboxylic acids is 1. The normalized spacial score (nSPS) is 11.7. The monoisotopic (exact) mass is 399 g/mol. The molecule has 4 aromatic rings. The fourth-order valence-corrected chi connectivity index (χ4v) is 2.89. The van der Waals surface area contributed by atoms with Crippen molar-refractivity contribution < 1.29 is 22.4 Å². The van der Waals surface area contributed by atoms with Gasteiger partial charge in [-0.3, -0.25) is 14.6 Å². The third kappa shape index (κ3) is 3.54. The van der Waals surface area contributed by atoms with Gasteiger partial charge in [0.05, 0.1) is 28.6 Å². The van der Waals surface area contributed by atoms with Crippen LogP contribution in [0.15, 0.2) is 63.9 Å². The van der Waals surface area contributed by atoms with E-state index in [9.17, 15) is 22.8 Å². The number of hydrogen-bond donors (Lipinski definition) is 1. The number of halogens is 3. The molecule has 3 aromatic heterocycles. The predicted octanol–water partition coefficient (Wildman–Crippen LogP) is 3.69. The SMILES string of the molecule is O=C(NCc1ccccn1)c1cc2c(=O)c3ccccc3oc2nc1C(F)(F)F. The van der Waals surface area contributed by atoms with Crippen molar-refractivity contribution in [1.29, 1.82) is 0 Å². The molecule has 0 unspecified atom stereocenters. The van der Waals surface area contributed by atoms with Crippen molar-refractivity contribution in [3.8, 4) is 0 Å². The van der Waals surface area contributed by atoms with Crippen LogP contribution >= 0.6 is 0 Å². The molecule has 0 fully saturated rings. The number of amides is 1. The number of nitrogens with one attached hydrogen (secondary N) is 1. The minimum absolute atomic E-state index is 0.0820. The summed E-state index contributed by atoms with van der Waals surface area (Å²) < 4.78 is 46.0. The summed E-state index contributed by atoms with van der Waals surface area (Å²) in [5.41, 5.74) is -2.67. The second-order valence-electron chi connectivity index (χ2n) is 6.17. The van der Waals surface area contributed by atoms with Crippen LogP contribution in [0.25, 0.3) is 22.1 Å². The van der Waals surface area contributed by atoms with Crippen LogP contribution in [-0.2, 0) is 12.7 Å². The van der Waals surface area contributed by atoms with Gasteiger partial charge in [-0.05, 0) is 30.3 Å². The summed E-state index contributed by atoms with van der Waals surface area (Å²) in [4.78, 5) is 32.6. The Hall–Kier alpha value is -3.75. The van der Waals surface area contributed by atoms with Crippen LogP contribution < -0.4 is 10.7 Å². The second-order valence-corrected chi connectivity index (χ2v) is 6.17. The Morgan fingerprint density at radius 2 is 1.83 bits per heavy atom. The first-order chi connectivity index (χ1) is 13.8. The molecule has 0 atom stereocenters.